The number of benzene rings is 2. The fourth-order valence-electron chi connectivity index (χ4n) is 2.78. The SMILES string of the molecule is OC(c1ccccc1C1CCC1)c1c(F)cccc1Cl. The number of hydrogen-bond donors (Lipinski definition) is 1. The van der Waals surface area contributed by atoms with Crippen molar-refractivity contribution < 1.29 is 9.50 Å². The Kier molecular flexibility index (Phi) is 3.77. The molecule has 0 heterocycles. The molecule has 20 heavy (non-hydrogen) atoms. The topological polar surface area (TPSA) is 20.2 Å². The third-order valence-electron chi connectivity index (χ3n) is 4.11. The summed E-state index contributed by atoms with van der Waals surface area (Å²) in [6.07, 6.45) is 2.47. The molecule has 0 bridgehead atoms. The Morgan fingerprint density at radius 3 is 2.50 bits per heavy atom. The monoisotopic (exact) mass is 290 g/mol. The average Bonchev–Trinajstić information content (AvgIpc) is 2.37. The zero-order chi connectivity index (χ0) is 14.1. The molecule has 0 aromatic heterocycles. The fourth-order valence-corrected chi connectivity index (χ4v) is 3.04. The van der Waals surface area contributed by atoms with E-state index in [4.69, 9.17) is 11.6 Å². The molecule has 1 atom stereocenters. The summed E-state index contributed by atoms with van der Waals surface area (Å²) >= 11 is 6.05. The van der Waals surface area contributed by atoms with E-state index in [1.54, 1.807) is 12.1 Å². The van der Waals surface area contributed by atoms with Gasteiger partial charge >= 0.3 is 0 Å². The third kappa shape index (κ3) is 2.34. The summed E-state index contributed by atoms with van der Waals surface area (Å²) in [5, 5.41) is 10.8. The van der Waals surface area contributed by atoms with E-state index in [1.165, 1.54) is 12.5 Å². The molecular formula is C17H16ClFO. The molecule has 0 spiro atoms. The largest absolute Gasteiger partial charge is 0.383 e. The summed E-state index contributed by atoms with van der Waals surface area (Å²) in [7, 11) is 0. The summed E-state index contributed by atoms with van der Waals surface area (Å²) < 4.78 is 14.0. The van der Waals surface area contributed by atoms with Gasteiger partial charge in [0.05, 0.1) is 0 Å². The summed E-state index contributed by atoms with van der Waals surface area (Å²) in [4.78, 5) is 0. The molecule has 1 unspecified atom stereocenters. The molecule has 0 amide bonds. The molecule has 1 saturated carbocycles. The van der Waals surface area contributed by atoms with Gasteiger partial charge < -0.3 is 5.11 Å². The lowest BCUT2D eigenvalue weighted by atomic mass is 9.77. The molecule has 0 saturated heterocycles. The Labute approximate surface area is 123 Å². The van der Waals surface area contributed by atoms with Gasteiger partial charge in [0.1, 0.15) is 11.9 Å². The van der Waals surface area contributed by atoms with E-state index < -0.39 is 11.9 Å². The first kappa shape index (κ1) is 13.6. The average molecular weight is 291 g/mol. The van der Waals surface area contributed by atoms with Crippen molar-refractivity contribution in [3.05, 3.63) is 70.0 Å². The molecule has 3 rings (SSSR count). The third-order valence-corrected chi connectivity index (χ3v) is 4.44. The zero-order valence-corrected chi connectivity index (χ0v) is 11.8. The van der Waals surface area contributed by atoms with Gasteiger partial charge in [-0.3, -0.25) is 0 Å². The van der Waals surface area contributed by atoms with Crippen LogP contribution < -0.4 is 0 Å². The van der Waals surface area contributed by atoms with Gasteiger partial charge in [0.15, 0.2) is 0 Å². The molecule has 1 aliphatic rings. The van der Waals surface area contributed by atoms with Crippen LogP contribution in [0, 0.1) is 5.82 Å². The molecule has 1 nitrogen and oxygen atoms in total. The lowest BCUT2D eigenvalue weighted by molar-refractivity contribution is 0.212. The Hall–Kier alpha value is -1.38. The predicted octanol–water partition coefficient (Wildman–Crippen LogP) is 4.83. The molecule has 0 aliphatic heterocycles. The zero-order valence-electron chi connectivity index (χ0n) is 11.0. The number of aliphatic hydroxyl groups is 1. The first-order chi connectivity index (χ1) is 9.68. The van der Waals surface area contributed by atoms with Gasteiger partial charge in [-0.25, -0.2) is 4.39 Å². The molecular weight excluding hydrogens is 275 g/mol. The number of hydrogen-bond acceptors (Lipinski definition) is 1. The van der Waals surface area contributed by atoms with Crippen molar-refractivity contribution in [2.24, 2.45) is 0 Å². The quantitative estimate of drug-likeness (QED) is 0.858. The Morgan fingerprint density at radius 2 is 1.85 bits per heavy atom. The van der Waals surface area contributed by atoms with Gasteiger partial charge in [-0.15, -0.1) is 0 Å². The minimum Gasteiger partial charge on any atom is -0.383 e. The van der Waals surface area contributed by atoms with Crippen molar-refractivity contribution in [3.8, 4) is 0 Å². The van der Waals surface area contributed by atoms with E-state index >= 15 is 0 Å². The van der Waals surface area contributed by atoms with Crippen LogP contribution in [0.25, 0.3) is 0 Å². The van der Waals surface area contributed by atoms with Crippen molar-refractivity contribution in [2.75, 3.05) is 0 Å². The maximum atomic E-state index is 14.0. The van der Waals surface area contributed by atoms with Crippen molar-refractivity contribution in [2.45, 2.75) is 31.3 Å². The lowest BCUT2D eigenvalue weighted by Gasteiger charge is -2.29. The lowest BCUT2D eigenvalue weighted by Crippen LogP contribution is -2.14. The summed E-state index contributed by atoms with van der Waals surface area (Å²) in [6.45, 7) is 0. The van der Waals surface area contributed by atoms with Crippen LogP contribution in [0.15, 0.2) is 42.5 Å². The Morgan fingerprint density at radius 1 is 1.10 bits per heavy atom. The van der Waals surface area contributed by atoms with E-state index in [1.807, 2.05) is 24.3 Å². The van der Waals surface area contributed by atoms with Crippen LogP contribution in [-0.2, 0) is 0 Å². The highest BCUT2D eigenvalue weighted by molar-refractivity contribution is 6.31. The highest BCUT2D eigenvalue weighted by Crippen LogP contribution is 2.41. The van der Waals surface area contributed by atoms with Crippen molar-refractivity contribution >= 4 is 11.6 Å². The highest BCUT2D eigenvalue weighted by atomic mass is 35.5. The molecule has 2 aromatic rings. The number of halogens is 2. The van der Waals surface area contributed by atoms with Crippen molar-refractivity contribution in [1.82, 2.24) is 0 Å². The minimum atomic E-state index is -1.01. The second-order valence-corrected chi connectivity index (χ2v) is 5.70. The predicted molar refractivity (Wildman–Crippen MR) is 78.5 cm³/mol. The van der Waals surface area contributed by atoms with Gasteiger partial charge in [-0.2, -0.15) is 0 Å². The first-order valence-electron chi connectivity index (χ1n) is 6.89. The van der Waals surface area contributed by atoms with Crippen LogP contribution in [-0.4, -0.2) is 5.11 Å². The van der Waals surface area contributed by atoms with Crippen molar-refractivity contribution in [3.63, 3.8) is 0 Å². The van der Waals surface area contributed by atoms with E-state index in [0.717, 1.165) is 24.0 Å². The van der Waals surface area contributed by atoms with Gasteiger partial charge in [0.2, 0.25) is 0 Å². The molecule has 104 valence electrons. The van der Waals surface area contributed by atoms with Crippen molar-refractivity contribution in [1.29, 1.82) is 0 Å². The number of rotatable bonds is 3. The number of aliphatic hydroxyl groups excluding tert-OH is 1. The molecule has 2 aromatic carbocycles. The smallest absolute Gasteiger partial charge is 0.130 e. The van der Waals surface area contributed by atoms with Gasteiger partial charge in [0, 0.05) is 10.6 Å². The second-order valence-electron chi connectivity index (χ2n) is 5.29. The first-order valence-corrected chi connectivity index (χ1v) is 7.27. The Balaban J connectivity index is 2.04. The second kappa shape index (κ2) is 5.55. The summed E-state index contributed by atoms with van der Waals surface area (Å²) in [5.41, 5.74) is 2.05. The van der Waals surface area contributed by atoms with E-state index in [-0.39, 0.29) is 10.6 Å². The van der Waals surface area contributed by atoms with E-state index in [2.05, 4.69) is 0 Å². The fraction of sp³-hybridized carbons (Fsp3) is 0.294. The maximum Gasteiger partial charge on any atom is 0.130 e. The van der Waals surface area contributed by atoms with E-state index in [0.29, 0.717) is 5.92 Å². The molecule has 1 N–H and O–H groups in total. The maximum absolute atomic E-state index is 14.0. The Bertz CT molecular complexity index is 602. The van der Waals surface area contributed by atoms with Gasteiger partial charge in [0.25, 0.3) is 0 Å². The minimum absolute atomic E-state index is 0.168. The van der Waals surface area contributed by atoms with Crippen LogP contribution >= 0.6 is 11.6 Å². The molecule has 1 fully saturated rings. The normalized spacial score (nSPS) is 16.8. The van der Waals surface area contributed by atoms with Gasteiger partial charge in [-0.1, -0.05) is 48.4 Å². The van der Waals surface area contributed by atoms with Crippen LogP contribution in [0.5, 0.6) is 0 Å². The van der Waals surface area contributed by atoms with E-state index in [9.17, 15) is 9.50 Å². The summed E-state index contributed by atoms with van der Waals surface area (Å²) in [6, 6.07) is 12.2. The van der Waals surface area contributed by atoms with Crippen LogP contribution in [0.2, 0.25) is 5.02 Å². The van der Waals surface area contributed by atoms with Crippen LogP contribution in [0.3, 0.4) is 0 Å². The highest BCUT2D eigenvalue weighted by Gasteiger charge is 2.26. The van der Waals surface area contributed by atoms with Gasteiger partial charge in [-0.05, 0) is 42.0 Å². The molecule has 1 aliphatic carbocycles. The summed E-state index contributed by atoms with van der Waals surface area (Å²) in [5.74, 6) is 0.0137. The van der Waals surface area contributed by atoms with Crippen LogP contribution in [0.4, 0.5) is 4.39 Å². The molecule has 3 heteroatoms. The van der Waals surface area contributed by atoms with Crippen LogP contribution in [0.1, 0.15) is 48.0 Å². The molecule has 0 radical (unpaired) electrons. The standard InChI is InChI=1S/C17H16ClFO/c18-14-9-4-10-15(19)16(14)17(20)13-8-2-1-7-12(13)11-5-3-6-11/h1-2,4,7-11,17,20H,3,5-6H2.